The second-order valence-electron chi connectivity index (χ2n) is 3.79. The summed E-state index contributed by atoms with van der Waals surface area (Å²) in [6.45, 7) is 6.44. The fourth-order valence-corrected chi connectivity index (χ4v) is 2.34. The van der Waals surface area contributed by atoms with Crippen molar-refractivity contribution in [3.8, 4) is 0 Å². The van der Waals surface area contributed by atoms with Crippen LogP contribution in [0.3, 0.4) is 0 Å². The maximum absolute atomic E-state index is 2.44. The van der Waals surface area contributed by atoms with Crippen molar-refractivity contribution in [1.29, 1.82) is 0 Å². The number of rotatable bonds is 0. The fourth-order valence-electron chi connectivity index (χ4n) is 2.34. The number of hydrogen-bond donors (Lipinski definition) is 0. The molecule has 0 saturated heterocycles. The van der Waals surface area contributed by atoms with E-state index in [2.05, 4.69) is 19.1 Å². The van der Waals surface area contributed by atoms with Gasteiger partial charge in [0.25, 0.3) is 0 Å². The van der Waals surface area contributed by atoms with Crippen molar-refractivity contribution in [3.63, 3.8) is 0 Å². The molecule has 64 valence electrons. The van der Waals surface area contributed by atoms with Gasteiger partial charge in [-0.1, -0.05) is 39.3 Å². The Labute approximate surface area is 70.7 Å². The van der Waals surface area contributed by atoms with Crippen LogP contribution in [0.15, 0.2) is 12.2 Å². The van der Waals surface area contributed by atoms with Crippen LogP contribution in [-0.4, -0.2) is 0 Å². The SMILES string of the molecule is CC.CC12CC=CC1CCC2. The minimum atomic E-state index is 0.694. The molecule has 0 amide bonds. The molecule has 0 aromatic heterocycles. The highest BCUT2D eigenvalue weighted by Gasteiger charge is 2.38. The van der Waals surface area contributed by atoms with Crippen molar-refractivity contribution in [2.24, 2.45) is 11.3 Å². The van der Waals surface area contributed by atoms with E-state index in [1.807, 2.05) is 13.8 Å². The van der Waals surface area contributed by atoms with Gasteiger partial charge in [-0.2, -0.15) is 0 Å². The summed E-state index contributed by atoms with van der Waals surface area (Å²) < 4.78 is 0. The maximum Gasteiger partial charge on any atom is -0.0177 e. The minimum absolute atomic E-state index is 0.694. The molecule has 0 aromatic carbocycles. The zero-order valence-electron chi connectivity index (χ0n) is 8.06. The van der Waals surface area contributed by atoms with E-state index in [9.17, 15) is 0 Å². The van der Waals surface area contributed by atoms with Gasteiger partial charge in [-0.05, 0) is 30.6 Å². The number of fused-ring (bicyclic) bond motifs is 1. The van der Waals surface area contributed by atoms with Crippen LogP contribution in [0, 0.1) is 11.3 Å². The summed E-state index contributed by atoms with van der Waals surface area (Å²) >= 11 is 0. The minimum Gasteiger partial charge on any atom is -0.0877 e. The van der Waals surface area contributed by atoms with E-state index >= 15 is 0 Å². The molecule has 0 heteroatoms. The molecule has 0 N–H and O–H groups in total. The first-order chi connectivity index (χ1) is 5.31. The van der Waals surface area contributed by atoms with Gasteiger partial charge in [0, 0.05) is 0 Å². The van der Waals surface area contributed by atoms with Gasteiger partial charge in [-0.15, -0.1) is 0 Å². The van der Waals surface area contributed by atoms with E-state index in [4.69, 9.17) is 0 Å². The molecule has 0 aromatic rings. The van der Waals surface area contributed by atoms with E-state index in [0.717, 1.165) is 5.92 Å². The third-order valence-electron chi connectivity index (χ3n) is 3.11. The summed E-state index contributed by atoms with van der Waals surface area (Å²) in [4.78, 5) is 0. The summed E-state index contributed by atoms with van der Waals surface area (Å²) in [5, 5.41) is 0. The summed E-state index contributed by atoms with van der Waals surface area (Å²) in [5.41, 5.74) is 0.694. The Kier molecular flexibility index (Phi) is 2.75. The standard InChI is InChI=1S/C9H14.C2H6/c1-9-6-2-4-8(9)5-3-7-9;1-2/h2,4,8H,3,5-7H2,1H3;1-2H3. The van der Waals surface area contributed by atoms with Gasteiger partial charge in [0.2, 0.25) is 0 Å². The topological polar surface area (TPSA) is 0 Å². The van der Waals surface area contributed by atoms with Crippen molar-refractivity contribution in [1.82, 2.24) is 0 Å². The van der Waals surface area contributed by atoms with Crippen LogP contribution in [0.4, 0.5) is 0 Å². The molecule has 0 aliphatic heterocycles. The first kappa shape index (κ1) is 8.83. The Balaban J connectivity index is 0.000000281. The molecular weight excluding hydrogens is 132 g/mol. The molecule has 1 saturated carbocycles. The van der Waals surface area contributed by atoms with Crippen LogP contribution in [0.25, 0.3) is 0 Å². The molecule has 1 fully saturated rings. The van der Waals surface area contributed by atoms with Gasteiger partial charge in [0.15, 0.2) is 0 Å². The fraction of sp³-hybridized carbons (Fsp3) is 0.818. The highest BCUT2D eigenvalue weighted by atomic mass is 14.4. The molecule has 0 radical (unpaired) electrons. The lowest BCUT2D eigenvalue weighted by molar-refractivity contribution is 0.298. The smallest absolute Gasteiger partial charge is 0.0177 e. The van der Waals surface area contributed by atoms with Crippen molar-refractivity contribution in [2.75, 3.05) is 0 Å². The molecule has 11 heavy (non-hydrogen) atoms. The Hall–Kier alpha value is -0.260. The Morgan fingerprint density at radius 1 is 1.36 bits per heavy atom. The Bertz CT molecular complexity index is 146. The third kappa shape index (κ3) is 1.50. The van der Waals surface area contributed by atoms with Crippen LogP contribution in [0.1, 0.15) is 46.5 Å². The van der Waals surface area contributed by atoms with Gasteiger partial charge < -0.3 is 0 Å². The van der Waals surface area contributed by atoms with Gasteiger partial charge in [0.1, 0.15) is 0 Å². The molecule has 0 heterocycles. The lowest BCUT2D eigenvalue weighted by atomic mass is 9.82. The van der Waals surface area contributed by atoms with Crippen LogP contribution in [0.2, 0.25) is 0 Å². The van der Waals surface area contributed by atoms with Crippen molar-refractivity contribution < 1.29 is 0 Å². The lowest BCUT2D eigenvalue weighted by Gasteiger charge is -2.22. The molecule has 0 nitrogen and oxygen atoms in total. The van der Waals surface area contributed by atoms with Gasteiger partial charge in [0.05, 0.1) is 0 Å². The van der Waals surface area contributed by atoms with E-state index in [0.29, 0.717) is 5.41 Å². The average molecular weight is 152 g/mol. The highest BCUT2D eigenvalue weighted by Crippen LogP contribution is 2.50. The Morgan fingerprint density at radius 2 is 2.09 bits per heavy atom. The summed E-state index contributed by atoms with van der Waals surface area (Å²) in [6, 6.07) is 0. The lowest BCUT2D eigenvalue weighted by Crippen LogP contribution is -2.14. The average Bonchev–Trinajstić information content (AvgIpc) is 2.49. The molecule has 2 aliphatic rings. The van der Waals surface area contributed by atoms with Crippen molar-refractivity contribution >= 4 is 0 Å². The van der Waals surface area contributed by atoms with Crippen LogP contribution in [-0.2, 0) is 0 Å². The molecule has 0 spiro atoms. The maximum atomic E-state index is 2.44. The largest absolute Gasteiger partial charge is 0.0877 e. The van der Waals surface area contributed by atoms with Crippen LogP contribution >= 0.6 is 0 Å². The van der Waals surface area contributed by atoms with Crippen LogP contribution in [0.5, 0.6) is 0 Å². The zero-order valence-corrected chi connectivity index (χ0v) is 8.06. The monoisotopic (exact) mass is 152 g/mol. The zero-order chi connectivity index (χ0) is 8.32. The first-order valence-electron chi connectivity index (χ1n) is 4.98. The number of allylic oxidation sites excluding steroid dienone is 2. The third-order valence-corrected chi connectivity index (χ3v) is 3.11. The predicted octanol–water partition coefficient (Wildman–Crippen LogP) is 3.78. The summed E-state index contributed by atoms with van der Waals surface area (Å²) in [6.07, 6.45) is 10.5. The second kappa shape index (κ2) is 3.42. The molecule has 2 rings (SSSR count). The van der Waals surface area contributed by atoms with E-state index < -0.39 is 0 Å². The molecule has 2 unspecified atom stereocenters. The summed E-state index contributed by atoms with van der Waals surface area (Å²) in [5.74, 6) is 0.942. The normalized spacial score (nSPS) is 39.7. The first-order valence-corrected chi connectivity index (χ1v) is 4.98. The van der Waals surface area contributed by atoms with Crippen molar-refractivity contribution in [3.05, 3.63) is 12.2 Å². The summed E-state index contributed by atoms with van der Waals surface area (Å²) in [7, 11) is 0. The highest BCUT2D eigenvalue weighted by molar-refractivity contribution is 5.09. The molecular formula is C11H20. The van der Waals surface area contributed by atoms with Gasteiger partial charge in [-0.25, -0.2) is 0 Å². The van der Waals surface area contributed by atoms with E-state index in [-0.39, 0.29) is 0 Å². The second-order valence-corrected chi connectivity index (χ2v) is 3.79. The quantitative estimate of drug-likeness (QED) is 0.463. The van der Waals surface area contributed by atoms with E-state index in [1.165, 1.54) is 25.7 Å². The molecule has 2 atom stereocenters. The Morgan fingerprint density at radius 3 is 2.73 bits per heavy atom. The van der Waals surface area contributed by atoms with E-state index in [1.54, 1.807) is 0 Å². The number of hydrogen-bond acceptors (Lipinski definition) is 0. The van der Waals surface area contributed by atoms with Gasteiger partial charge in [-0.3, -0.25) is 0 Å². The van der Waals surface area contributed by atoms with Crippen molar-refractivity contribution in [2.45, 2.75) is 46.5 Å². The predicted molar refractivity (Wildman–Crippen MR) is 50.6 cm³/mol. The molecule has 0 bridgehead atoms. The molecule has 2 aliphatic carbocycles. The van der Waals surface area contributed by atoms with Gasteiger partial charge >= 0.3 is 0 Å². The van der Waals surface area contributed by atoms with Crippen LogP contribution < -0.4 is 0 Å².